The lowest BCUT2D eigenvalue weighted by molar-refractivity contribution is 0.528. The number of piperidine rings is 1. The molecule has 1 saturated heterocycles. The summed E-state index contributed by atoms with van der Waals surface area (Å²) in [5.74, 6) is -0.515. The Balaban J connectivity index is 1.51. The van der Waals surface area contributed by atoms with E-state index in [1.165, 1.54) is 34.4 Å². The fourth-order valence-electron chi connectivity index (χ4n) is 4.53. The summed E-state index contributed by atoms with van der Waals surface area (Å²) in [6.45, 7) is 9.28. The van der Waals surface area contributed by atoms with E-state index < -0.39 is 20.9 Å². The molecule has 0 radical (unpaired) electrons. The minimum atomic E-state index is -3.56. The lowest BCUT2D eigenvalue weighted by Crippen LogP contribution is -2.39. The van der Waals surface area contributed by atoms with Crippen LogP contribution in [0.15, 0.2) is 40.6 Å². The Labute approximate surface area is 187 Å². The van der Waals surface area contributed by atoms with Crippen molar-refractivity contribution >= 4 is 26.3 Å². The second kappa shape index (κ2) is 8.36. The minimum absolute atomic E-state index is 0.118. The summed E-state index contributed by atoms with van der Waals surface area (Å²) in [7, 11) is -3.56. The first-order valence-corrected chi connectivity index (χ1v) is 12.9. The summed E-state index contributed by atoms with van der Waals surface area (Å²) in [5, 5.41) is 2.51. The number of aromatic nitrogens is 1. The van der Waals surface area contributed by atoms with Crippen LogP contribution in [-0.2, 0) is 9.84 Å². The van der Waals surface area contributed by atoms with Gasteiger partial charge in [-0.15, -0.1) is 11.3 Å². The number of thiazole rings is 1. The van der Waals surface area contributed by atoms with E-state index in [9.17, 15) is 12.8 Å². The van der Waals surface area contributed by atoms with E-state index in [1.54, 1.807) is 18.3 Å². The highest BCUT2D eigenvalue weighted by molar-refractivity contribution is 7.92. The normalized spacial score (nSPS) is 15.5. The van der Waals surface area contributed by atoms with Gasteiger partial charge in [-0.25, -0.2) is 17.8 Å². The fraction of sp³-hybridized carbons (Fsp3) is 0.375. The van der Waals surface area contributed by atoms with Gasteiger partial charge in [0.25, 0.3) is 0 Å². The number of anilines is 1. The summed E-state index contributed by atoms with van der Waals surface area (Å²) in [6.07, 6.45) is 1.02. The third kappa shape index (κ3) is 4.26. The van der Waals surface area contributed by atoms with Crippen LogP contribution in [0.5, 0.6) is 0 Å². The molecule has 3 aromatic rings. The number of halogens is 1. The first kappa shape index (κ1) is 22.0. The average Bonchev–Trinajstić information content (AvgIpc) is 3.18. The molecule has 164 valence electrons. The second-order valence-electron chi connectivity index (χ2n) is 8.43. The van der Waals surface area contributed by atoms with Gasteiger partial charge in [0.1, 0.15) is 5.82 Å². The van der Waals surface area contributed by atoms with E-state index in [-0.39, 0.29) is 4.90 Å². The Hall–Kier alpha value is -2.25. The highest BCUT2D eigenvalue weighted by atomic mass is 32.2. The van der Waals surface area contributed by atoms with Gasteiger partial charge in [0.15, 0.2) is 15.0 Å². The van der Waals surface area contributed by atoms with Gasteiger partial charge in [0, 0.05) is 24.0 Å². The van der Waals surface area contributed by atoms with Crippen molar-refractivity contribution in [2.45, 2.75) is 50.7 Å². The number of hydrogen-bond acceptors (Lipinski definition) is 5. The van der Waals surface area contributed by atoms with Crippen molar-refractivity contribution in [1.29, 1.82) is 0 Å². The van der Waals surface area contributed by atoms with E-state index in [4.69, 9.17) is 4.98 Å². The molecule has 1 aromatic heterocycles. The molecule has 1 fully saturated rings. The van der Waals surface area contributed by atoms with Crippen molar-refractivity contribution < 1.29 is 12.8 Å². The summed E-state index contributed by atoms with van der Waals surface area (Å²) in [5.41, 5.74) is 6.41. The van der Waals surface area contributed by atoms with Gasteiger partial charge in [-0.05, 0) is 69.4 Å². The van der Waals surface area contributed by atoms with E-state index >= 15 is 0 Å². The first-order chi connectivity index (χ1) is 14.7. The molecule has 4 rings (SSSR count). The summed E-state index contributed by atoms with van der Waals surface area (Å²) in [4.78, 5) is 7.15. The van der Waals surface area contributed by atoms with Gasteiger partial charge in [-0.2, -0.15) is 0 Å². The third-order valence-electron chi connectivity index (χ3n) is 6.03. The highest BCUT2D eigenvalue weighted by Crippen LogP contribution is 2.35. The van der Waals surface area contributed by atoms with Crippen LogP contribution in [-0.4, -0.2) is 31.7 Å². The Morgan fingerprint density at radius 2 is 1.65 bits per heavy atom. The van der Waals surface area contributed by atoms with Gasteiger partial charge in [0.05, 0.1) is 15.8 Å². The van der Waals surface area contributed by atoms with Crippen LogP contribution in [0.25, 0.3) is 11.3 Å². The van der Waals surface area contributed by atoms with Gasteiger partial charge in [-0.1, -0.05) is 23.8 Å². The lowest BCUT2D eigenvalue weighted by Gasteiger charge is -2.31. The molecule has 0 saturated carbocycles. The molecule has 4 nitrogen and oxygen atoms in total. The van der Waals surface area contributed by atoms with Crippen molar-refractivity contribution in [3.63, 3.8) is 0 Å². The zero-order chi connectivity index (χ0) is 22.3. The SMILES string of the molecule is Cc1cc(C)c(-c2csc(N3CCC(S(=O)(=O)c4cc(F)ccc4C)CC3)n2)c(C)c1. The fourth-order valence-corrected chi connectivity index (χ4v) is 7.38. The van der Waals surface area contributed by atoms with Crippen LogP contribution in [0.3, 0.4) is 0 Å². The van der Waals surface area contributed by atoms with Crippen LogP contribution < -0.4 is 4.90 Å². The topological polar surface area (TPSA) is 50.3 Å². The molecule has 0 unspecified atom stereocenters. The molecule has 0 amide bonds. The number of nitrogens with zero attached hydrogens (tertiary/aromatic N) is 2. The molecule has 0 atom stereocenters. The molecule has 31 heavy (non-hydrogen) atoms. The predicted molar refractivity (Wildman–Crippen MR) is 125 cm³/mol. The molecule has 1 aliphatic rings. The van der Waals surface area contributed by atoms with Crippen LogP contribution in [0, 0.1) is 33.5 Å². The number of aryl methyl sites for hydroxylation is 4. The van der Waals surface area contributed by atoms with E-state index in [0.29, 0.717) is 31.5 Å². The van der Waals surface area contributed by atoms with Gasteiger partial charge >= 0.3 is 0 Å². The maximum Gasteiger partial charge on any atom is 0.185 e. The molecular formula is C24H27FN2O2S2. The lowest BCUT2D eigenvalue weighted by atomic mass is 9.98. The van der Waals surface area contributed by atoms with E-state index in [1.807, 2.05) is 0 Å². The summed E-state index contributed by atoms with van der Waals surface area (Å²) in [6, 6.07) is 8.33. The van der Waals surface area contributed by atoms with Crippen molar-refractivity contribution in [2.75, 3.05) is 18.0 Å². The Bertz CT molecular complexity index is 1200. The second-order valence-corrected chi connectivity index (χ2v) is 11.5. The predicted octanol–water partition coefficient (Wildman–Crippen LogP) is 5.63. The Morgan fingerprint density at radius 3 is 2.29 bits per heavy atom. The average molecular weight is 459 g/mol. The smallest absolute Gasteiger partial charge is 0.185 e. The Morgan fingerprint density at radius 1 is 1.00 bits per heavy atom. The Kier molecular flexibility index (Phi) is 5.92. The molecule has 0 N–H and O–H groups in total. The molecule has 1 aliphatic heterocycles. The number of benzene rings is 2. The van der Waals surface area contributed by atoms with Crippen molar-refractivity contribution in [2.24, 2.45) is 0 Å². The standard InChI is InChI=1S/C24H27FN2O2S2/c1-15-11-17(3)23(18(4)12-15)21-14-30-24(26-21)27-9-7-20(8-10-27)31(28,29)22-13-19(25)6-5-16(22)2/h5-6,11-14,20H,7-10H2,1-4H3. The van der Waals surface area contributed by atoms with E-state index in [0.717, 1.165) is 16.9 Å². The third-order valence-corrected chi connectivity index (χ3v) is 9.34. The van der Waals surface area contributed by atoms with Crippen molar-refractivity contribution in [3.05, 3.63) is 63.8 Å². The van der Waals surface area contributed by atoms with Crippen LogP contribution in [0.1, 0.15) is 35.1 Å². The number of sulfone groups is 1. The number of rotatable bonds is 4. The minimum Gasteiger partial charge on any atom is -0.348 e. The quantitative estimate of drug-likeness (QED) is 0.509. The van der Waals surface area contributed by atoms with Gasteiger partial charge in [-0.3, -0.25) is 0 Å². The maximum atomic E-state index is 13.7. The van der Waals surface area contributed by atoms with E-state index in [2.05, 4.69) is 43.2 Å². The molecular weight excluding hydrogens is 431 g/mol. The van der Waals surface area contributed by atoms with Gasteiger partial charge in [0.2, 0.25) is 0 Å². The van der Waals surface area contributed by atoms with Crippen LogP contribution in [0.2, 0.25) is 0 Å². The summed E-state index contributed by atoms with van der Waals surface area (Å²) < 4.78 is 39.9. The zero-order valence-electron chi connectivity index (χ0n) is 18.3. The largest absolute Gasteiger partial charge is 0.348 e. The molecule has 0 aliphatic carbocycles. The molecule has 7 heteroatoms. The first-order valence-electron chi connectivity index (χ1n) is 10.5. The monoisotopic (exact) mass is 458 g/mol. The van der Waals surface area contributed by atoms with Gasteiger partial charge < -0.3 is 4.90 Å². The van der Waals surface area contributed by atoms with Crippen molar-refractivity contribution in [1.82, 2.24) is 4.98 Å². The van der Waals surface area contributed by atoms with Crippen LogP contribution in [0.4, 0.5) is 9.52 Å². The molecule has 2 aromatic carbocycles. The van der Waals surface area contributed by atoms with Crippen LogP contribution >= 0.6 is 11.3 Å². The summed E-state index contributed by atoms with van der Waals surface area (Å²) >= 11 is 1.60. The van der Waals surface area contributed by atoms with Crippen molar-refractivity contribution in [3.8, 4) is 11.3 Å². The molecule has 2 heterocycles. The number of hydrogen-bond donors (Lipinski definition) is 0. The molecule has 0 bridgehead atoms. The maximum absolute atomic E-state index is 13.7. The highest BCUT2D eigenvalue weighted by Gasteiger charge is 2.33. The zero-order valence-corrected chi connectivity index (χ0v) is 19.9. The molecule has 0 spiro atoms.